The minimum Gasteiger partial charge on any atom is -0.397 e. The largest absolute Gasteiger partial charge is 0.397 e. The standard InChI is InChI=1S/C15H18BrN3O/c1-3-6-19-9-11(17)7-14(19)15(20)18-12-5-4-10(2)13(16)8-12/h4-5,7-9H,3,6,17H2,1-2H3,(H,18,20). The molecule has 0 aliphatic carbocycles. The van der Waals surface area contributed by atoms with E-state index in [0.717, 1.165) is 28.7 Å². The molecule has 0 atom stereocenters. The molecule has 3 N–H and O–H groups in total. The van der Waals surface area contributed by atoms with Crippen LogP contribution < -0.4 is 11.1 Å². The maximum atomic E-state index is 12.3. The number of carbonyl (C=O) groups is 1. The van der Waals surface area contributed by atoms with E-state index in [0.29, 0.717) is 11.4 Å². The van der Waals surface area contributed by atoms with Gasteiger partial charge in [0.2, 0.25) is 0 Å². The van der Waals surface area contributed by atoms with Gasteiger partial charge in [-0.3, -0.25) is 4.79 Å². The first-order chi connectivity index (χ1) is 9.51. The molecule has 0 saturated carbocycles. The number of nitrogen functional groups attached to an aromatic ring is 1. The zero-order chi connectivity index (χ0) is 14.7. The van der Waals surface area contributed by atoms with Crippen LogP contribution in [-0.2, 0) is 6.54 Å². The smallest absolute Gasteiger partial charge is 0.272 e. The number of benzene rings is 1. The normalized spacial score (nSPS) is 10.6. The van der Waals surface area contributed by atoms with Crippen LogP contribution in [0.15, 0.2) is 34.9 Å². The Morgan fingerprint density at radius 1 is 1.40 bits per heavy atom. The minimum atomic E-state index is -0.147. The highest BCUT2D eigenvalue weighted by atomic mass is 79.9. The van der Waals surface area contributed by atoms with Gasteiger partial charge in [-0.1, -0.05) is 28.9 Å². The molecular weight excluding hydrogens is 318 g/mol. The Labute approximate surface area is 127 Å². The Kier molecular flexibility index (Phi) is 4.49. The number of carbonyl (C=O) groups excluding carboxylic acids is 1. The molecule has 0 bridgehead atoms. The van der Waals surface area contributed by atoms with E-state index in [1.807, 2.05) is 29.7 Å². The predicted octanol–water partition coefficient (Wildman–Crippen LogP) is 3.80. The molecule has 2 aromatic rings. The quantitative estimate of drug-likeness (QED) is 0.892. The first kappa shape index (κ1) is 14.7. The fourth-order valence-electron chi connectivity index (χ4n) is 2.02. The van der Waals surface area contributed by atoms with Crippen LogP contribution in [-0.4, -0.2) is 10.5 Å². The molecule has 106 valence electrons. The topological polar surface area (TPSA) is 60.0 Å². The summed E-state index contributed by atoms with van der Waals surface area (Å²) in [6.07, 6.45) is 2.74. The fourth-order valence-corrected chi connectivity index (χ4v) is 2.39. The van der Waals surface area contributed by atoms with E-state index < -0.39 is 0 Å². The Hall–Kier alpha value is -1.75. The number of nitrogens with zero attached hydrogens (tertiary/aromatic N) is 1. The summed E-state index contributed by atoms with van der Waals surface area (Å²) in [5, 5.41) is 2.89. The van der Waals surface area contributed by atoms with Gasteiger partial charge in [-0.05, 0) is 37.1 Å². The maximum Gasteiger partial charge on any atom is 0.272 e. The Morgan fingerprint density at radius 3 is 2.80 bits per heavy atom. The zero-order valence-corrected chi connectivity index (χ0v) is 13.2. The number of aromatic nitrogens is 1. The van der Waals surface area contributed by atoms with Crippen LogP contribution in [0.5, 0.6) is 0 Å². The molecule has 0 aliphatic rings. The van der Waals surface area contributed by atoms with Crippen LogP contribution in [0.3, 0.4) is 0 Å². The second-order valence-corrected chi connectivity index (χ2v) is 5.62. The third-order valence-electron chi connectivity index (χ3n) is 3.04. The number of hydrogen-bond donors (Lipinski definition) is 2. The van der Waals surface area contributed by atoms with Gasteiger partial charge >= 0.3 is 0 Å². The van der Waals surface area contributed by atoms with Crippen molar-refractivity contribution in [3.63, 3.8) is 0 Å². The first-order valence-electron chi connectivity index (χ1n) is 6.54. The SMILES string of the molecule is CCCn1cc(N)cc1C(=O)Nc1ccc(C)c(Br)c1. The van der Waals surface area contributed by atoms with Crippen LogP contribution in [0.4, 0.5) is 11.4 Å². The zero-order valence-electron chi connectivity index (χ0n) is 11.6. The van der Waals surface area contributed by atoms with Crippen molar-refractivity contribution in [3.05, 3.63) is 46.2 Å². The average molecular weight is 336 g/mol. The van der Waals surface area contributed by atoms with Gasteiger partial charge in [-0.25, -0.2) is 0 Å². The first-order valence-corrected chi connectivity index (χ1v) is 7.33. The Morgan fingerprint density at radius 2 is 2.15 bits per heavy atom. The highest BCUT2D eigenvalue weighted by molar-refractivity contribution is 9.10. The highest BCUT2D eigenvalue weighted by Gasteiger charge is 2.13. The second-order valence-electron chi connectivity index (χ2n) is 4.77. The third kappa shape index (κ3) is 3.22. The summed E-state index contributed by atoms with van der Waals surface area (Å²) in [5.74, 6) is -0.147. The van der Waals surface area contributed by atoms with Gasteiger partial charge in [0.05, 0.1) is 5.69 Å². The van der Waals surface area contributed by atoms with E-state index >= 15 is 0 Å². The van der Waals surface area contributed by atoms with Crippen LogP contribution in [0.1, 0.15) is 29.4 Å². The Bertz CT molecular complexity index is 634. The van der Waals surface area contributed by atoms with Crippen molar-refractivity contribution < 1.29 is 4.79 Å². The molecule has 5 heteroatoms. The van der Waals surface area contributed by atoms with E-state index in [1.165, 1.54) is 0 Å². The van der Waals surface area contributed by atoms with Gasteiger partial charge in [0.25, 0.3) is 5.91 Å². The average Bonchev–Trinajstić information content (AvgIpc) is 2.75. The van der Waals surface area contributed by atoms with Crippen LogP contribution >= 0.6 is 15.9 Å². The van der Waals surface area contributed by atoms with E-state index in [4.69, 9.17) is 5.73 Å². The number of amides is 1. The Balaban J connectivity index is 2.21. The van der Waals surface area contributed by atoms with Gasteiger partial charge in [0.1, 0.15) is 5.69 Å². The second kappa shape index (κ2) is 6.13. The summed E-state index contributed by atoms with van der Waals surface area (Å²) in [6, 6.07) is 7.44. The highest BCUT2D eigenvalue weighted by Crippen LogP contribution is 2.21. The molecule has 1 heterocycles. The number of anilines is 2. The van der Waals surface area contributed by atoms with E-state index in [9.17, 15) is 4.79 Å². The molecule has 0 fully saturated rings. The summed E-state index contributed by atoms with van der Waals surface area (Å²) >= 11 is 3.46. The van der Waals surface area contributed by atoms with Gasteiger partial charge in [0.15, 0.2) is 0 Å². The number of halogens is 1. The van der Waals surface area contributed by atoms with Crippen molar-refractivity contribution in [3.8, 4) is 0 Å². The lowest BCUT2D eigenvalue weighted by molar-refractivity contribution is 0.101. The van der Waals surface area contributed by atoms with E-state index in [-0.39, 0.29) is 5.91 Å². The van der Waals surface area contributed by atoms with Crippen molar-refractivity contribution in [2.75, 3.05) is 11.1 Å². The number of nitrogens with two attached hydrogens (primary N) is 1. The van der Waals surface area contributed by atoms with Gasteiger partial charge in [-0.2, -0.15) is 0 Å². The van der Waals surface area contributed by atoms with Crippen molar-refractivity contribution >= 4 is 33.2 Å². The van der Waals surface area contributed by atoms with Gasteiger partial charge in [0, 0.05) is 22.9 Å². The molecule has 2 rings (SSSR count). The van der Waals surface area contributed by atoms with Crippen molar-refractivity contribution in [1.82, 2.24) is 4.57 Å². The molecule has 0 saturated heterocycles. The lowest BCUT2D eigenvalue weighted by Gasteiger charge is -2.09. The molecule has 1 amide bonds. The molecule has 0 spiro atoms. The lowest BCUT2D eigenvalue weighted by Crippen LogP contribution is -2.16. The number of nitrogens with one attached hydrogen (secondary N) is 1. The molecule has 4 nitrogen and oxygen atoms in total. The molecule has 0 aliphatic heterocycles. The third-order valence-corrected chi connectivity index (χ3v) is 3.90. The minimum absolute atomic E-state index is 0.147. The fraction of sp³-hybridized carbons (Fsp3) is 0.267. The molecular formula is C15H18BrN3O. The number of hydrogen-bond acceptors (Lipinski definition) is 2. The summed E-state index contributed by atoms with van der Waals surface area (Å²) < 4.78 is 2.85. The molecule has 1 aromatic heterocycles. The van der Waals surface area contributed by atoms with Gasteiger partial charge < -0.3 is 15.6 Å². The molecule has 0 radical (unpaired) electrons. The maximum absolute atomic E-state index is 12.3. The van der Waals surface area contributed by atoms with Crippen molar-refractivity contribution in [2.45, 2.75) is 26.8 Å². The number of rotatable bonds is 4. The molecule has 0 unspecified atom stereocenters. The van der Waals surface area contributed by atoms with E-state index in [2.05, 4.69) is 28.2 Å². The lowest BCUT2D eigenvalue weighted by atomic mass is 10.2. The predicted molar refractivity (Wildman–Crippen MR) is 86.0 cm³/mol. The monoisotopic (exact) mass is 335 g/mol. The molecule has 20 heavy (non-hydrogen) atoms. The summed E-state index contributed by atoms with van der Waals surface area (Å²) in [5.41, 5.74) is 8.85. The number of aryl methyl sites for hydroxylation is 2. The van der Waals surface area contributed by atoms with Crippen molar-refractivity contribution in [1.29, 1.82) is 0 Å². The summed E-state index contributed by atoms with van der Waals surface area (Å²) in [7, 11) is 0. The van der Waals surface area contributed by atoms with Crippen LogP contribution in [0.25, 0.3) is 0 Å². The van der Waals surface area contributed by atoms with Crippen LogP contribution in [0, 0.1) is 6.92 Å². The van der Waals surface area contributed by atoms with Gasteiger partial charge in [-0.15, -0.1) is 0 Å². The van der Waals surface area contributed by atoms with Crippen LogP contribution in [0.2, 0.25) is 0 Å². The summed E-state index contributed by atoms with van der Waals surface area (Å²) in [4.78, 5) is 12.3. The van der Waals surface area contributed by atoms with Crippen molar-refractivity contribution in [2.24, 2.45) is 0 Å². The molecule has 1 aromatic carbocycles. The van der Waals surface area contributed by atoms with E-state index in [1.54, 1.807) is 12.3 Å². The summed E-state index contributed by atoms with van der Waals surface area (Å²) in [6.45, 7) is 4.84.